The summed E-state index contributed by atoms with van der Waals surface area (Å²) in [5.41, 5.74) is 1.88. The van der Waals surface area contributed by atoms with Crippen molar-refractivity contribution in [2.75, 3.05) is 19.7 Å². The third-order valence-electron chi connectivity index (χ3n) is 3.89. The van der Waals surface area contributed by atoms with Crippen molar-refractivity contribution >= 4 is 5.91 Å². The number of ether oxygens (including phenoxy) is 1. The van der Waals surface area contributed by atoms with Gasteiger partial charge in [-0.3, -0.25) is 4.79 Å². The SMILES string of the molecule is O=C(NCC[C@@H]1CCCN1)c1ccc2c(c1)CCO2. The highest BCUT2D eigenvalue weighted by atomic mass is 16.5. The lowest BCUT2D eigenvalue weighted by molar-refractivity contribution is 0.0952. The second-order valence-electron chi connectivity index (χ2n) is 5.26. The van der Waals surface area contributed by atoms with E-state index in [0.29, 0.717) is 6.04 Å². The summed E-state index contributed by atoms with van der Waals surface area (Å²) in [5, 5.41) is 6.43. The fourth-order valence-corrected chi connectivity index (χ4v) is 2.79. The molecule has 0 unspecified atom stereocenters. The van der Waals surface area contributed by atoms with Crippen molar-refractivity contribution in [2.45, 2.75) is 31.7 Å². The van der Waals surface area contributed by atoms with E-state index < -0.39 is 0 Å². The third kappa shape index (κ3) is 2.89. The summed E-state index contributed by atoms with van der Waals surface area (Å²) in [7, 11) is 0. The molecule has 0 saturated carbocycles. The Hall–Kier alpha value is -1.55. The molecule has 2 heterocycles. The van der Waals surface area contributed by atoms with Gasteiger partial charge in [0.05, 0.1) is 6.61 Å². The lowest BCUT2D eigenvalue weighted by atomic mass is 10.1. The number of hydrogen-bond acceptors (Lipinski definition) is 3. The van der Waals surface area contributed by atoms with E-state index in [-0.39, 0.29) is 5.91 Å². The first-order valence-electron chi connectivity index (χ1n) is 7.10. The number of amides is 1. The first-order valence-corrected chi connectivity index (χ1v) is 7.10. The van der Waals surface area contributed by atoms with Gasteiger partial charge in [0.15, 0.2) is 0 Å². The van der Waals surface area contributed by atoms with Crippen LogP contribution in [0, 0.1) is 0 Å². The third-order valence-corrected chi connectivity index (χ3v) is 3.89. The van der Waals surface area contributed by atoms with E-state index in [1.165, 1.54) is 12.8 Å². The molecule has 1 aromatic rings. The molecule has 0 spiro atoms. The van der Waals surface area contributed by atoms with Crippen LogP contribution >= 0.6 is 0 Å². The Morgan fingerprint density at radius 2 is 2.42 bits per heavy atom. The van der Waals surface area contributed by atoms with Crippen LogP contribution in [0.15, 0.2) is 18.2 Å². The summed E-state index contributed by atoms with van der Waals surface area (Å²) in [5.74, 6) is 0.944. The lowest BCUT2D eigenvalue weighted by Crippen LogP contribution is -2.30. The van der Waals surface area contributed by atoms with Crippen LogP contribution in [-0.2, 0) is 6.42 Å². The molecule has 1 fully saturated rings. The van der Waals surface area contributed by atoms with E-state index in [2.05, 4.69) is 10.6 Å². The Bertz CT molecular complexity index is 467. The number of carbonyl (C=O) groups is 1. The molecule has 2 N–H and O–H groups in total. The monoisotopic (exact) mass is 260 g/mol. The Kier molecular flexibility index (Phi) is 3.69. The molecule has 19 heavy (non-hydrogen) atoms. The van der Waals surface area contributed by atoms with Crippen molar-refractivity contribution in [2.24, 2.45) is 0 Å². The second-order valence-corrected chi connectivity index (χ2v) is 5.26. The standard InChI is InChI=1S/C15H20N2O2/c18-15(17-8-5-13-2-1-7-16-13)12-3-4-14-11(10-12)6-9-19-14/h3-4,10,13,16H,1-2,5-9H2,(H,17,18)/t13-/m0/s1. The highest BCUT2D eigenvalue weighted by molar-refractivity contribution is 5.94. The minimum atomic E-state index is 0.0210. The summed E-state index contributed by atoms with van der Waals surface area (Å²) in [6, 6.07) is 6.27. The molecule has 1 amide bonds. The Morgan fingerprint density at radius 1 is 1.47 bits per heavy atom. The minimum absolute atomic E-state index is 0.0210. The molecule has 4 heteroatoms. The van der Waals surface area contributed by atoms with Crippen molar-refractivity contribution in [1.82, 2.24) is 10.6 Å². The van der Waals surface area contributed by atoms with E-state index in [1.807, 2.05) is 18.2 Å². The molecule has 0 radical (unpaired) electrons. The van der Waals surface area contributed by atoms with E-state index in [1.54, 1.807) is 0 Å². The maximum atomic E-state index is 12.0. The van der Waals surface area contributed by atoms with Crippen molar-refractivity contribution in [1.29, 1.82) is 0 Å². The second kappa shape index (κ2) is 5.61. The summed E-state index contributed by atoms with van der Waals surface area (Å²) >= 11 is 0. The number of fused-ring (bicyclic) bond motifs is 1. The van der Waals surface area contributed by atoms with E-state index >= 15 is 0 Å². The minimum Gasteiger partial charge on any atom is -0.493 e. The summed E-state index contributed by atoms with van der Waals surface area (Å²) < 4.78 is 5.44. The van der Waals surface area contributed by atoms with E-state index in [0.717, 1.165) is 49.4 Å². The van der Waals surface area contributed by atoms with Crippen LogP contribution in [0.4, 0.5) is 0 Å². The van der Waals surface area contributed by atoms with Gasteiger partial charge in [0, 0.05) is 24.6 Å². The molecular weight excluding hydrogens is 240 g/mol. The van der Waals surface area contributed by atoms with Gasteiger partial charge in [-0.05, 0) is 49.6 Å². The molecule has 4 nitrogen and oxygen atoms in total. The largest absolute Gasteiger partial charge is 0.493 e. The van der Waals surface area contributed by atoms with Gasteiger partial charge in [0.2, 0.25) is 0 Å². The number of hydrogen-bond donors (Lipinski definition) is 2. The normalized spacial score (nSPS) is 20.9. The number of rotatable bonds is 4. The van der Waals surface area contributed by atoms with Gasteiger partial charge >= 0.3 is 0 Å². The average Bonchev–Trinajstić information content (AvgIpc) is 3.08. The molecule has 3 rings (SSSR count). The number of benzene rings is 1. The summed E-state index contributed by atoms with van der Waals surface area (Å²) in [4.78, 5) is 12.0. The number of carbonyl (C=O) groups excluding carboxylic acids is 1. The summed E-state index contributed by atoms with van der Waals surface area (Å²) in [6.45, 7) is 2.58. The highest BCUT2D eigenvalue weighted by Crippen LogP contribution is 2.25. The highest BCUT2D eigenvalue weighted by Gasteiger charge is 2.16. The van der Waals surface area contributed by atoms with Gasteiger partial charge in [0.1, 0.15) is 5.75 Å². The van der Waals surface area contributed by atoms with Gasteiger partial charge < -0.3 is 15.4 Å². The zero-order valence-corrected chi connectivity index (χ0v) is 11.1. The first kappa shape index (κ1) is 12.5. The van der Waals surface area contributed by atoms with E-state index in [4.69, 9.17) is 4.74 Å². The van der Waals surface area contributed by atoms with Crippen molar-refractivity contribution in [3.63, 3.8) is 0 Å². The van der Waals surface area contributed by atoms with Crippen LogP contribution in [0.1, 0.15) is 35.2 Å². The molecule has 1 saturated heterocycles. The van der Waals surface area contributed by atoms with Gasteiger partial charge in [-0.15, -0.1) is 0 Å². The molecular formula is C15H20N2O2. The summed E-state index contributed by atoms with van der Waals surface area (Å²) in [6.07, 6.45) is 4.40. The molecule has 2 aliphatic heterocycles. The van der Waals surface area contributed by atoms with Crippen LogP contribution in [0.2, 0.25) is 0 Å². The Balaban J connectivity index is 1.52. The van der Waals surface area contributed by atoms with Crippen LogP contribution in [0.3, 0.4) is 0 Å². The molecule has 2 aliphatic rings. The van der Waals surface area contributed by atoms with Crippen molar-refractivity contribution in [3.8, 4) is 5.75 Å². The molecule has 0 aromatic heterocycles. The smallest absolute Gasteiger partial charge is 0.251 e. The molecule has 0 bridgehead atoms. The van der Waals surface area contributed by atoms with Gasteiger partial charge in [-0.1, -0.05) is 0 Å². The average molecular weight is 260 g/mol. The predicted octanol–water partition coefficient (Wildman–Crippen LogP) is 1.49. The molecule has 0 aliphatic carbocycles. The topological polar surface area (TPSA) is 50.4 Å². The van der Waals surface area contributed by atoms with Crippen LogP contribution in [-0.4, -0.2) is 31.6 Å². The first-order chi connectivity index (χ1) is 9.33. The maximum absolute atomic E-state index is 12.0. The van der Waals surface area contributed by atoms with E-state index in [9.17, 15) is 4.79 Å². The quantitative estimate of drug-likeness (QED) is 0.862. The van der Waals surface area contributed by atoms with Gasteiger partial charge in [-0.25, -0.2) is 0 Å². The number of nitrogens with one attached hydrogen (secondary N) is 2. The zero-order valence-electron chi connectivity index (χ0n) is 11.1. The van der Waals surface area contributed by atoms with Crippen LogP contribution in [0.25, 0.3) is 0 Å². The Morgan fingerprint density at radius 3 is 3.26 bits per heavy atom. The maximum Gasteiger partial charge on any atom is 0.251 e. The van der Waals surface area contributed by atoms with Gasteiger partial charge in [-0.2, -0.15) is 0 Å². The lowest BCUT2D eigenvalue weighted by Gasteiger charge is -2.11. The molecule has 1 aromatic carbocycles. The van der Waals surface area contributed by atoms with Gasteiger partial charge in [0.25, 0.3) is 5.91 Å². The van der Waals surface area contributed by atoms with Crippen LogP contribution < -0.4 is 15.4 Å². The van der Waals surface area contributed by atoms with Crippen molar-refractivity contribution in [3.05, 3.63) is 29.3 Å². The fourth-order valence-electron chi connectivity index (χ4n) is 2.79. The van der Waals surface area contributed by atoms with Crippen molar-refractivity contribution < 1.29 is 9.53 Å². The predicted molar refractivity (Wildman–Crippen MR) is 73.6 cm³/mol. The molecule has 102 valence electrons. The Labute approximate surface area is 113 Å². The fraction of sp³-hybridized carbons (Fsp3) is 0.533. The van der Waals surface area contributed by atoms with Crippen LogP contribution in [0.5, 0.6) is 5.75 Å². The zero-order chi connectivity index (χ0) is 13.1. The molecule has 1 atom stereocenters.